The van der Waals surface area contributed by atoms with Crippen molar-refractivity contribution < 1.29 is 13.6 Å². The number of nitrogens with two attached hydrogens (primary N) is 1. The quantitative estimate of drug-likeness (QED) is 0.805. The van der Waals surface area contributed by atoms with Gasteiger partial charge in [-0.15, -0.1) is 0 Å². The summed E-state index contributed by atoms with van der Waals surface area (Å²) in [6.45, 7) is 3.34. The van der Waals surface area contributed by atoms with E-state index in [0.717, 1.165) is 6.07 Å². The first-order valence-corrected chi connectivity index (χ1v) is 5.67. The van der Waals surface area contributed by atoms with E-state index in [9.17, 15) is 13.6 Å². The normalized spacial score (nSPS) is 12.5. The standard InChI is InChI=1S/C13H17F2NO/c1-8-6-7-10(14)12(13(8)15)11(17)5-3-4-9(2)16/h6-7,9H,3-5,16H2,1-2H3. The maximum atomic E-state index is 13.6. The van der Waals surface area contributed by atoms with Crippen LogP contribution in [0.5, 0.6) is 0 Å². The minimum absolute atomic E-state index is 0.00463. The topological polar surface area (TPSA) is 43.1 Å². The number of carbonyl (C=O) groups is 1. The van der Waals surface area contributed by atoms with Crippen LogP contribution in [0.2, 0.25) is 0 Å². The number of Topliss-reactive ketones (excluding diaryl/α,β-unsaturated/α-hetero) is 1. The molecular formula is C13H17F2NO. The highest BCUT2D eigenvalue weighted by Gasteiger charge is 2.18. The van der Waals surface area contributed by atoms with Gasteiger partial charge in [-0.05, 0) is 38.3 Å². The molecule has 0 radical (unpaired) electrons. The number of benzene rings is 1. The summed E-state index contributed by atoms with van der Waals surface area (Å²) < 4.78 is 27.0. The minimum Gasteiger partial charge on any atom is -0.328 e. The van der Waals surface area contributed by atoms with Gasteiger partial charge >= 0.3 is 0 Å². The predicted molar refractivity (Wildman–Crippen MR) is 62.9 cm³/mol. The number of hydrogen-bond acceptors (Lipinski definition) is 2. The van der Waals surface area contributed by atoms with Crippen LogP contribution < -0.4 is 5.73 Å². The Bertz CT molecular complexity index is 416. The fourth-order valence-electron chi connectivity index (χ4n) is 1.62. The van der Waals surface area contributed by atoms with Crippen LogP contribution >= 0.6 is 0 Å². The smallest absolute Gasteiger partial charge is 0.168 e. The molecule has 0 saturated carbocycles. The van der Waals surface area contributed by atoms with Gasteiger partial charge in [-0.25, -0.2) is 8.78 Å². The molecule has 1 aromatic rings. The Labute approximate surface area is 99.8 Å². The number of carbonyl (C=O) groups excluding carboxylic acids is 1. The first-order chi connectivity index (χ1) is 7.93. The highest BCUT2D eigenvalue weighted by Crippen LogP contribution is 2.19. The highest BCUT2D eigenvalue weighted by atomic mass is 19.1. The molecule has 1 atom stereocenters. The van der Waals surface area contributed by atoms with Gasteiger partial charge in [0.1, 0.15) is 11.6 Å². The van der Waals surface area contributed by atoms with Crippen molar-refractivity contribution in [3.63, 3.8) is 0 Å². The number of halogens is 2. The lowest BCUT2D eigenvalue weighted by Gasteiger charge is -2.07. The Kier molecular flexibility index (Phi) is 4.75. The molecule has 0 fully saturated rings. The third kappa shape index (κ3) is 3.60. The molecular weight excluding hydrogens is 224 g/mol. The maximum absolute atomic E-state index is 13.6. The molecule has 1 rings (SSSR count). The average Bonchev–Trinajstić information content (AvgIpc) is 2.23. The monoisotopic (exact) mass is 241 g/mol. The Morgan fingerprint density at radius 1 is 1.41 bits per heavy atom. The van der Waals surface area contributed by atoms with Crippen molar-refractivity contribution in [2.75, 3.05) is 0 Å². The molecule has 0 aliphatic carbocycles. The molecule has 1 aromatic carbocycles. The third-order valence-corrected chi connectivity index (χ3v) is 2.63. The van der Waals surface area contributed by atoms with Crippen LogP contribution in [0.1, 0.15) is 42.1 Å². The van der Waals surface area contributed by atoms with Crippen molar-refractivity contribution in [3.05, 3.63) is 34.9 Å². The van der Waals surface area contributed by atoms with Gasteiger partial charge in [0, 0.05) is 12.5 Å². The van der Waals surface area contributed by atoms with Gasteiger partial charge in [0.2, 0.25) is 0 Å². The minimum atomic E-state index is -0.793. The van der Waals surface area contributed by atoms with Crippen molar-refractivity contribution in [3.8, 4) is 0 Å². The second kappa shape index (κ2) is 5.87. The first-order valence-electron chi connectivity index (χ1n) is 5.67. The molecule has 17 heavy (non-hydrogen) atoms. The molecule has 0 heterocycles. The zero-order chi connectivity index (χ0) is 13.0. The summed E-state index contributed by atoms with van der Waals surface area (Å²) in [5.74, 6) is -2.04. The number of hydrogen-bond donors (Lipinski definition) is 1. The summed E-state index contributed by atoms with van der Waals surface area (Å²) >= 11 is 0. The van der Waals surface area contributed by atoms with Gasteiger partial charge in [-0.3, -0.25) is 4.79 Å². The lowest BCUT2D eigenvalue weighted by molar-refractivity contribution is 0.0970. The molecule has 0 aliphatic heterocycles. The summed E-state index contributed by atoms with van der Waals surface area (Å²) in [4.78, 5) is 11.7. The van der Waals surface area contributed by atoms with Gasteiger partial charge in [0.25, 0.3) is 0 Å². The summed E-state index contributed by atoms with van der Waals surface area (Å²) in [5, 5.41) is 0. The van der Waals surface area contributed by atoms with Gasteiger partial charge in [0.15, 0.2) is 5.78 Å². The molecule has 0 aliphatic rings. The third-order valence-electron chi connectivity index (χ3n) is 2.63. The van der Waals surface area contributed by atoms with Crippen LogP contribution in [-0.4, -0.2) is 11.8 Å². The van der Waals surface area contributed by atoms with Crippen LogP contribution in [0.4, 0.5) is 8.78 Å². The van der Waals surface area contributed by atoms with Crippen LogP contribution in [0.3, 0.4) is 0 Å². The van der Waals surface area contributed by atoms with Gasteiger partial charge < -0.3 is 5.73 Å². The lowest BCUT2D eigenvalue weighted by Crippen LogP contribution is -2.15. The Morgan fingerprint density at radius 2 is 2.06 bits per heavy atom. The van der Waals surface area contributed by atoms with Crippen LogP contribution in [-0.2, 0) is 0 Å². The molecule has 4 heteroatoms. The summed E-state index contributed by atoms with van der Waals surface area (Å²) in [6, 6.07) is 2.44. The lowest BCUT2D eigenvalue weighted by atomic mass is 10.0. The van der Waals surface area contributed by atoms with Crippen molar-refractivity contribution in [1.29, 1.82) is 0 Å². The molecule has 2 nitrogen and oxygen atoms in total. The van der Waals surface area contributed by atoms with E-state index >= 15 is 0 Å². The van der Waals surface area contributed by atoms with Crippen molar-refractivity contribution in [1.82, 2.24) is 0 Å². The van der Waals surface area contributed by atoms with Crippen LogP contribution in [0.15, 0.2) is 12.1 Å². The molecule has 0 amide bonds. The number of ketones is 1. The van der Waals surface area contributed by atoms with E-state index in [2.05, 4.69) is 0 Å². The Morgan fingerprint density at radius 3 is 2.65 bits per heavy atom. The average molecular weight is 241 g/mol. The molecule has 0 saturated heterocycles. The largest absolute Gasteiger partial charge is 0.328 e. The van der Waals surface area contributed by atoms with Crippen molar-refractivity contribution in [2.45, 2.75) is 39.2 Å². The second-order valence-corrected chi connectivity index (χ2v) is 4.35. The zero-order valence-electron chi connectivity index (χ0n) is 10.1. The fourth-order valence-corrected chi connectivity index (χ4v) is 1.62. The van der Waals surface area contributed by atoms with Crippen LogP contribution in [0.25, 0.3) is 0 Å². The predicted octanol–water partition coefficient (Wildman–Crippen LogP) is 2.97. The van der Waals surface area contributed by atoms with E-state index in [-0.39, 0.29) is 18.0 Å². The summed E-state index contributed by atoms with van der Waals surface area (Å²) in [7, 11) is 0. The SMILES string of the molecule is Cc1ccc(F)c(C(=O)CCCC(C)N)c1F. The molecule has 1 unspecified atom stereocenters. The van der Waals surface area contributed by atoms with E-state index in [1.54, 1.807) is 0 Å². The van der Waals surface area contributed by atoms with E-state index in [0.29, 0.717) is 12.8 Å². The molecule has 0 aromatic heterocycles. The molecule has 2 N–H and O–H groups in total. The number of aryl methyl sites for hydroxylation is 1. The van der Waals surface area contributed by atoms with Crippen molar-refractivity contribution >= 4 is 5.78 Å². The second-order valence-electron chi connectivity index (χ2n) is 4.35. The highest BCUT2D eigenvalue weighted by molar-refractivity contribution is 5.96. The molecule has 94 valence electrons. The first kappa shape index (κ1) is 13.8. The van der Waals surface area contributed by atoms with Crippen LogP contribution in [0, 0.1) is 18.6 Å². The maximum Gasteiger partial charge on any atom is 0.168 e. The van der Waals surface area contributed by atoms with Gasteiger partial charge in [0.05, 0.1) is 5.56 Å². The van der Waals surface area contributed by atoms with Gasteiger partial charge in [-0.1, -0.05) is 6.07 Å². The Hall–Kier alpha value is -1.29. The van der Waals surface area contributed by atoms with E-state index in [4.69, 9.17) is 5.73 Å². The zero-order valence-corrected chi connectivity index (χ0v) is 10.1. The van der Waals surface area contributed by atoms with Crippen molar-refractivity contribution in [2.24, 2.45) is 5.73 Å². The Balaban J connectivity index is 2.79. The van der Waals surface area contributed by atoms with E-state index in [1.807, 2.05) is 6.92 Å². The number of rotatable bonds is 5. The van der Waals surface area contributed by atoms with E-state index in [1.165, 1.54) is 13.0 Å². The fraction of sp³-hybridized carbons (Fsp3) is 0.462. The summed E-state index contributed by atoms with van der Waals surface area (Å²) in [5.41, 5.74) is 5.40. The van der Waals surface area contributed by atoms with E-state index < -0.39 is 23.0 Å². The molecule has 0 spiro atoms. The van der Waals surface area contributed by atoms with Gasteiger partial charge in [-0.2, -0.15) is 0 Å². The molecule has 0 bridgehead atoms. The summed E-state index contributed by atoms with van der Waals surface area (Å²) in [6.07, 6.45) is 1.34.